The number of rotatable bonds is 0. The minimum Gasteiger partial charge on any atom is -0.386 e. The number of halogens is 4. The van der Waals surface area contributed by atoms with Crippen LogP contribution in [0.4, 0.5) is 0 Å². The largest absolute Gasteiger partial charge is 0.386 e. The summed E-state index contributed by atoms with van der Waals surface area (Å²) in [5.41, 5.74) is 0.611. The lowest BCUT2D eigenvalue weighted by molar-refractivity contribution is 0.0380. The van der Waals surface area contributed by atoms with Crippen molar-refractivity contribution in [2.24, 2.45) is 0 Å². The zero-order valence-corrected chi connectivity index (χ0v) is 13.1. The zero-order valence-electron chi connectivity index (χ0n) is 6.74. The number of carbonyl (C=O) groups is 2. The molecule has 7 heteroatoms. The Hall–Kier alpha value is 0.280. The van der Waals surface area contributed by atoms with Gasteiger partial charge in [0, 0.05) is 17.9 Å². The molecule has 0 aliphatic carbocycles. The molecule has 2 rings (SSSR count). The Balaban J connectivity index is 2.95. The van der Waals surface area contributed by atoms with Crippen molar-refractivity contribution in [2.75, 3.05) is 0 Å². The zero-order chi connectivity index (χ0) is 11.3. The molecule has 0 spiro atoms. The fourth-order valence-electron chi connectivity index (χ4n) is 1.18. The van der Waals surface area contributed by atoms with Gasteiger partial charge in [0.1, 0.15) is 0 Å². The van der Waals surface area contributed by atoms with Crippen molar-refractivity contribution in [1.82, 2.24) is 0 Å². The van der Waals surface area contributed by atoms with E-state index in [9.17, 15) is 9.59 Å². The highest BCUT2D eigenvalue weighted by atomic mass is 79.9. The lowest BCUT2D eigenvalue weighted by Crippen LogP contribution is -2.22. The van der Waals surface area contributed by atoms with E-state index >= 15 is 0 Å². The minimum absolute atomic E-state index is 0.305. The van der Waals surface area contributed by atoms with Crippen molar-refractivity contribution >= 4 is 75.7 Å². The summed E-state index contributed by atoms with van der Waals surface area (Å²) in [6, 6.07) is 0. The van der Waals surface area contributed by atoms with Crippen LogP contribution in [0.1, 0.15) is 20.7 Å². The van der Waals surface area contributed by atoms with Crippen LogP contribution in [0.2, 0.25) is 0 Å². The number of ether oxygens (including phenoxy) is 1. The quantitative estimate of drug-likeness (QED) is 0.252. The second-order valence-corrected chi connectivity index (χ2v) is 5.85. The van der Waals surface area contributed by atoms with Gasteiger partial charge in [-0.15, -0.1) is 0 Å². The van der Waals surface area contributed by atoms with E-state index in [1.807, 2.05) is 0 Å². The maximum absolute atomic E-state index is 11.4. The summed E-state index contributed by atoms with van der Waals surface area (Å²) < 4.78 is 6.71. The van der Waals surface area contributed by atoms with Crippen LogP contribution >= 0.6 is 63.7 Å². The van der Waals surface area contributed by atoms with Crippen molar-refractivity contribution in [3.8, 4) is 0 Å². The molecular weight excluding hydrogens is 464 g/mol. The van der Waals surface area contributed by atoms with Gasteiger partial charge in [-0.25, -0.2) is 9.59 Å². The van der Waals surface area contributed by atoms with Crippen LogP contribution in [0.15, 0.2) is 17.9 Å². The molecule has 0 N–H and O–H groups in total. The van der Waals surface area contributed by atoms with E-state index in [0.29, 0.717) is 29.0 Å². The lowest BCUT2D eigenvalue weighted by Gasteiger charge is -2.18. The molecular formula is C8Br4O3. The van der Waals surface area contributed by atoms with Crippen molar-refractivity contribution in [3.05, 3.63) is 29.0 Å². The maximum Gasteiger partial charge on any atom is 0.348 e. The summed E-state index contributed by atoms with van der Waals surface area (Å²) in [5.74, 6) is -1.33. The van der Waals surface area contributed by atoms with E-state index in [1.54, 1.807) is 0 Å². The lowest BCUT2D eigenvalue weighted by atomic mass is 10.1. The van der Waals surface area contributed by atoms with Gasteiger partial charge in [-0.3, -0.25) is 0 Å². The first kappa shape index (κ1) is 11.8. The molecule has 0 fully saturated rings. The molecule has 0 saturated carbocycles. The molecule has 1 aromatic rings. The Morgan fingerprint density at radius 3 is 1.47 bits per heavy atom. The number of carbonyl (C=O) groups excluding carboxylic acids is 2. The van der Waals surface area contributed by atoms with Gasteiger partial charge >= 0.3 is 11.9 Å². The third kappa shape index (κ3) is 1.64. The topological polar surface area (TPSA) is 43.4 Å². The molecule has 1 heterocycles. The number of hydrogen-bond acceptors (Lipinski definition) is 3. The van der Waals surface area contributed by atoms with Crippen LogP contribution in [0, 0.1) is 0 Å². The smallest absolute Gasteiger partial charge is 0.348 e. The standard InChI is InChI=1S/C8Br4O3/c9-3-1-4(10)6(12)5(11)2(3)8(14)15-7(1)13. The van der Waals surface area contributed by atoms with Gasteiger partial charge in [0.05, 0.1) is 11.1 Å². The van der Waals surface area contributed by atoms with E-state index < -0.39 is 11.9 Å². The summed E-state index contributed by atoms with van der Waals surface area (Å²) >= 11 is 13.0. The van der Waals surface area contributed by atoms with Crippen LogP contribution in [0.3, 0.4) is 0 Å². The highest BCUT2D eigenvalue weighted by molar-refractivity contribution is 9.14. The van der Waals surface area contributed by atoms with E-state index in [1.165, 1.54) is 0 Å². The first-order valence-corrected chi connectivity index (χ1v) is 6.74. The monoisotopic (exact) mass is 460 g/mol. The molecule has 2 bridgehead atoms. The molecule has 0 atom stereocenters. The van der Waals surface area contributed by atoms with Crippen LogP contribution in [0.5, 0.6) is 0 Å². The maximum atomic E-state index is 11.4. The average molecular weight is 464 g/mol. The number of fused-ring (bicyclic) bond motifs is 2. The van der Waals surface area contributed by atoms with Crippen molar-refractivity contribution in [2.45, 2.75) is 0 Å². The number of benzene rings is 1. The van der Waals surface area contributed by atoms with Crippen LogP contribution in [-0.4, -0.2) is 11.9 Å². The van der Waals surface area contributed by atoms with Gasteiger partial charge in [0.2, 0.25) is 0 Å². The molecule has 0 aromatic heterocycles. The molecule has 0 unspecified atom stereocenters. The number of hydrogen-bond donors (Lipinski definition) is 0. The Kier molecular flexibility index (Phi) is 3.09. The Bertz CT molecular complexity index is 468. The third-order valence-electron chi connectivity index (χ3n) is 1.86. The third-order valence-corrected chi connectivity index (χ3v) is 6.09. The molecule has 1 aromatic carbocycles. The highest BCUT2D eigenvalue weighted by Gasteiger charge is 2.34. The molecule has 1 aliphatic heterocycles. The van der Waals surface area contributed by atoms with Gasteiger partial charge in [-0.2, -0.15) is 0 Å². The predicted molar refractivity (Wildman–Crippen MR) is 67.0 cm³/mol. The second-order valence-electron chi connectivity index (χ2n) is 2.68. The van der Waals surface area contributed by atoms with Crippen molar-refractivity contribution in [1.29, 1.82) is 0 Å². The van der Waals surface area contributed by atoms with E-state index in [4.69, 9.17) is 0 Å². The number of esters is 2. The van der Waals surface area contributed by atoms with Crippen molar-refractivity contribution < 1.29 is 14.3 Å². The van der Waals surface area contributed by atoms with E-state index in [0.717, 1.165) is 0 Å². The SMILES string of the molecule is O=C1OC(=O)c2c(Br)c(Br)c(Br)c1c2Br. The number of cyclic esters (lactones) is 2. The molecule has 78 valence electrons. The molecule has 15 heavy (non-hydrogen) atoms. The molecule has 0 amide bonds. The van der Waals surface area contributed by atoms with E-state index in [2.05, 4.69) is 68.5 Å². The fraction of sp³-hybridized carbons (Fsp3) is 0. The fourth-order valence-corrected chi connectivity index (χ4v) is 4.21. The predicted octanol–water partition coefficient (Wildman–Crippen LogP) is 4.05. The summed E-state index contributed by atoms with van der Waals surface area (Å²) in [4.78, 5) is 22.9. The second kappa shape index (κ2) is 3.94. The van der Waals surface area contributed by atoms with Gasteiger partial charge in [-0.1, -0.05) is 0 Å². The van der Waals surface area contributed by atoms with Gasteiger partial charge < -0.3 is 4.74 Å². The highest BCUT2D eigenvalue weighted by Crippen LogP contribution is 2.44. The summed E-state index contributed by atoms with van der Waals surface area (Å²) in [7, 11) is 0. The van der Waals surface area contributed by atoms with Crippen LogP contribution in [-0.2, 0) is 4.74 Å². The Morgan fingerprint density at radius 1 is 0.667 bits per heavy atom. The first-order valence-electron chi connectivity index (χ1n) is 3.57. The Morgan fingerprint density at radius 2 is 1.07 bits per heavy atom. The average Bonchev–Trinajstić information content (AvgIpc) is 2.13. The first-order chi connectivity index (χ1) is 6.95. The van der Waals surface area contributed by atoms with Crippen molar-refractivity contribution in [3.63, 3.8) is 0 Å². The molecule has 3 nitrogen and oxygen atoms in total. The Labute approximate surface area is 118 Å². The summed E-state index contributed by atoms with van der Waals surface area (Å²) in [6.45, 7) is 0. The van der Waals surface area contributed by atoms with Crippen LogP contribution in [0.25, 0.3) is 0 Å². The molecule has 0 radical (unpaired) electrons. The summed E-state index contributed by atoms with van der Waals surface area (Å²) in [6.07, 6.45) is 0. The molecule has 0 saturated heterocycles. The minimum atomic E-state index is -0.667. The molecule has 1 aliphatic rings. The van der Waals surface area contributed by atoms with Gasteiger partial charge in [-0.05, 0) is 63.7 Å². The summed E-state index contributed by atoms with van der Waals surface area (Å²) in [5, 5.41) is 0. The van der Waals surface area contributed by atoms with Gasteiger partial charge in [0.25, 0.3) is 0 Å². The normalized spacial score (nSPS) is 14.1. The van der Waals surface area contributed by atoms with E-state index in [-0.39, 0.29) is 0 Å². The van der Waals surface area contributed by atoms with Gasteiger partial charge in [0.15, 0.2) is 0 Å². The van der Waals surface area contributed by atoms with Crippen LogP contribution < -0.4 is 0 Å².